The molecule has 2 aliphatic heterocycles. The van der Waals surface area contributed by atoms with Crippen LogP contribution in [0.1, 0.15) is 44.2 Å². The first-order chi connectivity index (χ1) is 45.3. The second-order valence-corrected chi connectivity index (χ2v) is 24.8. The fourth-order valence-electron chi connectivity index (χ4n) is 13.3. The zero-order chi connectivity index (χ0) is 65.0. The zero-order valence-corrected chi connectivity index (χ0v) is 43.0. The van der Waals surface area contributed by atoms with Crippen molar-refractivity contribution in [2.75, 3.05) is 0 Å². The van der Waals surface area contributed by atoms with E-state index in [9.17, 15) is 13.7 Å². The van der Waals surface area contributed by atoms with Crippen molar-refractivity contribution in [2.45, 2.75) is 15.2 Å². The molecular formula is C73H47N3SSi. The van der Waals surface area contributed by atoms with E-state index in [4.69, 9.17) is 8.22 Å². The molecule has 0 saturated heterocycles. The summed E-state index contributed by atoms with van der Waals surface area (Å²) < 4.78 is 154. The summed E-state index contributed by atoms with van der Waals surface area (Å²) >= 11 is 1.64. The van der Waals surface area contributed by atoms with E-state index in [2.05, 4.69) is 120 Å². The van der Waals surface area contributed by atoms with E-state index in [0.717, 1.165) is 52.9 Å². The number of aromatic nitrogens is 3. The topological polar surface area (TPSA) is 14.8 Å². The normalized spacial score (nSPS) is 16.3. The summed E-state index contributed by atoms with van der Waals surface area (Å²) in [5.41, 5.74) is 4.69. The molecule has 0 bridgehead atoms. The summed E-state index contributed by atoms with van der Waals surface area (Å²) in [4.78, 5) is 1.92. The van der Waals surface area contributed by atoms with E-state index in [1.54, 1.807) is 22.4 Å². The average Bonchev–Trinajstić information content (AvgIpc) is 1.17. The molecule has 0 atom stereocenters. The molecule has 0 N–H and O–H groups in total. The Morgan fingerprint density at radius 3 is 1.28 bits per heavy atom. The molecule has 0 saturated carbocycles. The van der Waals surface area contributed by atoms with Crippen molar-refractivity contribution in [3.63, 3.8) is 0 Å². The van der Waals surface area contributed by atoms with Crippen LogP contribution in [-0.4, -0.2) is 21.8 Å². The lowest BCUT2D eigenvalue weighted by atomic mass is 9.62. The Labute approximate surface area is 479 Å². The highest BCUT2D eigenvalue weighted by Crippen LogP contribution is 2.61. The number of nitrogens with zero attached hydrogens (tertiary/aromatic N) is 3. The molecule has 78 heavy (non-hydrogen) atoms. The van der Waals surface area contributed by atoms with E-state index in [1.165, 1.54) is 4.57 Å². The molecule has 0 fully saturated rings. The maximum absolute atomic E-state index is 9.76. The molecule has 0 radical (unpaired) electrons. The van der Waals surface area contributed by atoms with Gasteiger partial charge in [0.15, 0.2) is 8.07 Å². The molecule has 15 aromatic rings. The van der Waals surface area contributed by atoms with Crippen LogP contribution in [-0.2, 0) is 5.41 Å². The SMILES string of the molecule is [2H]c1c([2H])c([2H])c2c(c1[2H])c1c([2H])c([2H])c([2H])c([2H])c1n2-c1ccc2c(c1)c1cc(-n3c4c([2H])c([2H])c([2H])c([2H])c4c4c([2H])c([2H])c([2H])c([2H])c43)cc3c1n2-c1cc([Si](c2ccccc2)(c2ccccc2)c2ccccc2)ccc1C31c2ccccc2Sc2ccccc21. The predicted molar refractivity (Wildman–Crippen MR) is 329 cm³/mol. The third-order valence-corrected chi connectivity index (χ3v) is 22.2. The second-order valence-electron chi connectivity index (χ2n) is 19.9. The van der Waals surface area contributed by atoms with Crippen LogP contribution in [0.15, 0.2) is 295 Å². The molecule has 12 aromatic carbocycles. The summed E-state index contributed by atoms with van der Waals surface area (Å²) in [5, 5.41) is 5.25. The number of benzene rings is 12. The first kappa shape index (κ1) is 31.0. The lowest BCUT2D eigenvalue weighted by Gasteiger charge is -2.46. The van der Waals surface area contributed by atoms with Crippen LogP contribution in [0.5, 0.6) is 0 Å². The lowest BCUT2D eigenvalue weighted by Crippen LogP contribution is -2.74. The van der Waals surface area contributed by atoms with Gasteiger partial charge in [-0.25, -0.2) is 0 Å². The molecule has 0 unspecified atom stereocenters. The number of rotatable bonds is 6. The Morgan fingerprint density at radius 1 is 0.321 bits per heavy atom. The van der Waals surface area contributed by atoms with E-state index in [-0.39, 0.29) is 49.3 Å². The average molecular weight is 1040 g/mol. The third kappa shape index (κ3) is 5.79. The van der Waals surface area contributed by atoms with Crippen LogP contribution in [0.4, 0.5) is 0 Å². The van der Waals surface area contributed by atoms with Gasteiger partial charge in [-0.1, -0.05) is 224 Å². The molecule has 3 nitrogen and oxygen atoms in total. The predicted octanol–water partition coefficient (Wildman–Crippen LogP) is 15.5. The van der Waals surface area contributed by atoms with Crippen LogP contribution in [0.2, 0.25) is 0 Å². The van der Waals surface area contributed by atoms with Crippen molar-refractivity contribution in [3.05, 3.63) is 307 Å². The Balaban J connectivity index is 1.12. The summed E-state index contributed by atoms with van der Waals surface area (Å²) in [6.45, 7) is 0. The van der Waals surface area contributed by atoms with Crippen LogP contribution in [0, 0.1) is 0 Å². The molecule has 0 amide bonds. The van der Waals surface area contributed by atoms with Gasteiger partial charge in [-0.15, -0.1) is 0 Å². The van der Waals surface area contributed by atoms with Gasteiger partial charge >= 0.3 is 0 Å². The monoisotopic (exact) mass is 1040 g/mol. The van der Waals surface area contributed by atoms with E-state index in [0.29, 0.717) is 33.1 Å². The molecule has 17 rings (SSSR count). The van der Waals surface area contributed by atoms with Crippen molar-refractivity contribution >= 4 is 106 Å². The highest BCUT2D eigenvalue weighted by molar-refractivity contribution is 7.99. The standard InChI is InChI=1S/C73H47N3SSi/c1-4-22-50(23-5-1)78(51-24-6-2-7-25-51,52-26-8-3-9-27-52)53-41-42-60-69(47-53)76-68-43-40-48(74-64-34-16-10-28-54(64)55-29-11-17-35-65(55)74)44-58(68)59-45-49(75-66-36-18-12-30-56(66)57-31-13-19-37-67(57)75)46-63(72(59)76)73(60)61-32-14-20-38-70(61)77-71-39-21-15-33-62(71)73/h1-47H/i10D,11D,12D,13D,16D,17D,18D,19D,28D,29D,30D,31D,34D,35D,36D,37D. The maximum atomic E-state index is 9.76. The molecule has 364 valence electrons. The fourth-order valence-corrected chi connectivity index (χ4v) is 19.3. The minimum atomic E-state index is -3.33. The van der Waals surface area contributed by atoms with Crippen molar-refractivity contribution in [3.8, 4) is 17.1 Å². The number of hydrogen-bond donors (Lipinski definition) is 0. The Hall–Kier alpha value is -9.39. The zero-order valence-electron chi connectivity index (χ0n) is 57.1. The fraction of sp³-hybridized carbons (Fsp3) is 0.0137. The van der Waals surface area contributed by atoms with Crippen molar-refractivity contribution in [1.82, 2.24) is 13.7 Å². The quantitative estimate of drug-likeness (QED) is 0.120. The maximum Gasteiger partial charge on any atom is 0.179 e. The lowest BCUT2D eigenvalue weighted by molar-refractivity contribution is 0.689. The first-order valence-corrected chi connectivity index (χ1v) is 28.5. The molecular weight excluding hydrogens is 979 g/mol. The van der Waals surface area contributed by atoms with Crippen LogP contribution in [0.25, 0.3) is 82.5 Å². The van der Waals surface area contributed by atoms with E-state index in [1.807, 2.05) is 66.7 Å². The Kier molecular flexibility index (Phi) is 6.57. The van der Waals surface area contributed by atoms with Gasteiger partial charge in [-0.2, -0.15) is 0 Å². The van der Waals surface area contributed by atoms with Crippen LogP contribution < -0.4 is 20.7 Å². The summed E-state index contributed by atoms with van der Waals surface area (Å²) in [5.74, 6) is 0. The van der Waals surface area contributed by atoms with Gasteiger partial charge in [0.05, 0.1) is 66.1 Å². The summed E-state index contributed by atoms with van der Waals surface area (Å²) in [6, 6.07) is 56.4. The first-order valence-electron chi connectivity index (χ1n) is 33.7. The van der Waals surface area contributed by atoms with Crippen LogP contribution >= 0.6 is 11.8 Å². The summed E-state index contributed by atoms with van der Waals surface area (Å²) in [7, 11) is -3.33. The van der Waals surface area contributed by atoms with Gasteiger partial charge in [-0.3, -0.25) is 0 Å². The number of para-hydroxylation sites is 4. The number of hydrogen-bond acceptors (Lipinski definition) is 1. The van der Waals surface area contributed by atoms with Gasteiger partial charge in [0, 0.05) is 53.5 Å². The van der Waals surface area contributed by atoms with Gasteiger partial charge in [-0.05, 0) is 116 Å². The minimum absolute atomic E-state index is 0.0683. The van der Waals surface area contributed by atoms with Crippen molar-refractivity contribution < 1.29 is 21.9 Å². The van der Waals surface area contributed by atoms with Crippen LogP contribution in [0.3, 0.4) is 0 Å². The Bertz CT molecular complexity index is 5630. The molecule has 5 heterocycles. The van der Waals surface area contributed by atoms with Gasteiger partial charge < -0.3 is 13.7 Å². The van der Waals surface area contributed by atoms with Gasteiger partial charge in [0.1, 0.15) is 0 Å². The van der Waals surface area contributed by atoms with E-state index >= 15 is 0 Å². The molecule has 3 aromatic heterocycles. The molecule has 0 aliphatic carbocycles. The third-order valence-electron chi connectivity index (χ3n) is 16.3. The Morgan fingerprint density at radius 2 is 0.769 bits per heavy atom. The van der Waals surface area contributed by atoms with Crippen molar-refractivity contribution in [1.29, 1.82) is 0 Å². The molecule has 5 heteroatoms. The molecule has 2 aliphatic rings. The smallest absolute Gasteiger partial charge is 0.179 e. The van der Waals surface area contributed by atoms with E-state index < -0.39 is 110 Å². The summed E-state index contributed by atoms with van der Waals surface area (Å²) in [6.07, 6.45) is 0. The highest BCUT2D eigenvalue weighted by Gasteiger charge is 2.51. The number of fused-ring (bicyclic) bond motifs is 17. The highest BCUT2D eigenvalue weighted by atomic mass is 32.2. The van der Waals surface area contributed by atoms with Crippen molar-refractivity contribution in [2.24, 2.45) is 0 Å². The molecule has 1 spiro atoms. The van der Waals surface area contributed by atoms with Gasteiger partial charge in [0.2, 0.25) is 0 Å². The second kappa shape index (κ2) is 16.6. The minimum Gasteiger partial charge on any atom is -0.309 e. The largest absolute Gasteiger partial charge is 0.309 e. The van der Waals surface area contributed by atoms with Gasteiger partial charge in [0.25, 0.3) is 0 Å².